The number of hydrogen-bond donors (Lipinski definition) is 1. The van der Waals surface area contributed by atoms with Crippen molar-refractivity contribution < 1.29 is 4.79 Å². The molecule has 30 heavy (non-hydrogen) atoms. The molecular weight excluding hydrogens is 396 g/mol. The number of carbonyl (C=O) groups excluding carboxylic acids is 1. The number of amides is 1. The van der Waals surface area contributed by atoms with Gasteiger partial charge in [0, 0.05) is 35.1 Å². The van der Waals surface area contributed by atoms with Crippen LogP contribution in [0.3, 0.4) is 0 Å². The van der Waals surface area contributed by atoms with Crippen LogP contribution < -0.4 is 10.2 Å². The minimum absolute atomic E-state index is 0.151. The second-order valence-corrected chi connectivity index (χ2v) is 7.89. The fourth-order valence-electron chi connectivity index (χ4n) is 3.97. The lowest BCUT2D eigenvalue weighted by atomic mass is 10.2. The van der Waals surface area contributed by atoms with Crippen LogP contribution in [0.5, 0.6) is 0 Å². The van der Waals surface area contributed by atoms with Crippen LogP contribution in [0.25, 0.3) is 11.0 Å². The van der Waals surface area contributed by atoms with E-state index in [1.807, 2.05) is 24.3 Å². The van der Waals surface area contributed by atoms with Gasteiger partial charge in [-0.05, 0) is 61.0 Å². The molecule has 1 aliphatic rings. The number of benzene rings is 3. The number of halogens is 1. The summed E-state index contributed by atoms with van der Waals surface area (Å²) in [6, 6.07) is 23.1. The van der Waals surface area contributed by atoms with E-state index in [0.717, 1.165) is 48.8 Å². The quantitative estimate of drug-likeness (QED) is 0.489. The molecule has 0 bridgehead atoms. The molecule has 1 amide bonds. The zero-order chi connectivity index (χ0) is 20.5. The number of hydrogen-bond acceptors (Lipinski definition) is 3. The van der Waals surface area contributed by atoms with Crippen molar-refractivity contribution in [3.8, 4) is 0 Å². The van der Waals surface area contributed by atoms with Gasteiger partial charge in [0.05, 0.1) is 17.6 Å². The SMILES string of the molecule is O=C(Nc1cccc(N2CCCn3c(nc4ccccc43)C2)c1)c1ccc(Cl)cc1. The molecule has 0 radical (unpaired) electrons. The van der Waals surface area contributed by atoms with E-state index < -0.39 is 0 Å². The predicted molar refractivity (Wildman–Crippen MR) is 121 cm³/mol. The fourth-order valence-corrected chi connectivity index (χ4v) is 4.10. The molecule has 5 rings (SSSR count). The van der Waals surface area contributed by atoms with E-state index in [-0.39, 0.29) is 5.91 Å². The van der Waals surface area contributed by atoms with Crippen LogP contribution in [0.1, 0.15) is 22.6 Å². The highest BCUT2D eigenvalue weighted by Crippen LogP contribution is 2.26. The number of carbonyl (C=O) groups is 1. The summed E-state index contributed by atoms with van der Waals surface area (Å²) in [5.41, 5.74) is 4.65. The van der Waals surface area contributed by atoms with Gasteiger partial charge >= 0.3 is 0 Å². The average Bonchev–Trinajstić information content (AvgIpc) is 2.97. The molecule has 4 aromatic rings. The van der Waals surface area contributed by atoms with Crippen molar-refractivity contribution in [3.05, 3.63) is 89.2 Å². The van der Waals surface area contributed by atoms with E-state index >= 15 is 0 Å². The molecule has 0 spiro atoms. The van der Waals surface area contributed by atoms with E-state index in [1.54, 1.807) is 24.3 Å². The molecule has 0 aliphatic carbocycles. The van der Waals surface area contributed by atoms with Gasteiger partial charge in [0.15, 0.2) is 0 Å². The number of para-hydroxylation sites is 2. The van der Waals surface area contributed by atoms with Crippen molar-refractivity contribution in [2.75, 3.05) is 16.8 Å². The van der Waals surface area contributed by atoms with Gasteiger partial charge in [-0.2, -0.15) is 0 Å². The Morgan fingerprint density at radius 1 is 0.967 bits per heavy atom. The molecule has 1 aromatic heterocycles. The van der Waals surface area contributed by atoms with E-state index in [0.29, 0.717) is 10.6 Å². The summed E-state index contributed by atoms with van der Waals surface area (Å²) in [4.78, 5) is 19.7. The van der Waals surface area contributed by atoms with Crippen molar-refractivity contribution in [1.29, 1.82) is 0 Å². The summed E-state index contributed by atoms with van der Waals surface area (Å²) in [6.45, 7) is 2.63. The molecule has 0 fully saturated rings. The topological polar surface area (TPSA) is 50.2 Å². The van der Waals surface area contributed by atoms with Crippen LogP contribution in [0.4, 0.5) is 11.4 Å². The average molecular weight is 417 g/mol. The van der Waals surface area contributed by atoms with E-state index in [4.69, 9.17) is 16.6 Å². The highest BCUT2D eigenvalue weighted by atomic mass is 35.5. The molecule has 0 atom stereocenters. The smallest absolute Gasteiger partial charge is 0.255 e. The van der Waals surface area contributed by atoms with Crippen LogP contribution in [0.15, 0.2) is 72.8 Å². The third kappa shape index (κ3) is 3.64. The summed E-state index contributed by atoms with van der Waals surface area (Å²) < 4.78 is 2.32. The first-order valence-electron chi connectivity index (χ1n) is 10.0. The summed E-state index contributed by atoms with van der Waals surface area (Å²) in [5, 5.41) is 3.60. The Balaban J connectivity index is 1.38. The minimum Gasteiger partial charge on any atom is -0.364 e. The molecule has 1 aliphatic heterocycles. The molecule has 5 nitrogen and oxygen atoms in total. The summed E-state index contributed by atoms with van der Waals surface area (Å²) in [6.07, 6.45) is 1.04. The number of nitrogens with one attached hydrogen (secondary N) is 1. The highest BCUT2D eigenvalue weighted by molar-refractivity contribution is 6.30. The molecule has 6 heteroatoms. The van der Waals surface area contributed by atoms with Gasteiger partial charge in [-0.25, -0.2) is 4.98 Å². The molecule has 0 saturated heterocycles. The maximum Gasteiger partial charge on any atom is 0.255 e. The van der Waals surface area contributed by atoms with E-state index in [2.05, 4.69) is 39.0 Å². The second kappa shape index (κ2) is 7.84. The molecule has 0 saturated carbocycles. The van der Waals surface area contributed by atoms with Crippen molar-refractivity contribution >= 4 is 39.9 Å². The second-order valence-electron chi connectivity index (χ2n) is 7.45. The molecular formula is C24H21ClN4O. The number of anilines is 2. The monoisotopic (exact) mass is 416 g/mol. The maximum absolute atomic E-state index is 12.5. The zero-order valence-electron chi connectivity index (χ0n) is 16.4. The molecule has 1 N–H and O–H groups in total. The summed E-state index contributed by atoms with van der Waals surface area (Å²) in [7, 11) is 0. The number of rotatable bonds is 3. The lowest BCUT2D eigenvalue weighted by Gasteiger charge is -2.22. The van der Waals surface area contributed by atoms with Crippen LogP contribution in [-0.2, 0) is 13.1 Å². The number of fused-ring (bicyclic) bond motifs is 3. The Morgan fingerprint density at radius 2 is 1.80 bits per heavy atom. The van der Waals surface area contributed by atoms with E-state index in [9.17, 15) is 4.79 Å². The minimum atomic E-state index is -0.151. The lowest BCUT2D eigenvalue weighted by molar-refractivity contribution is 0.102. The van der Waals surface area contributed by atoms with Crippen LogP contribution in [0.2, 0.25) is 5.02 Å². The standard InChI is InChI=1S/C24H21ClN4O/c25-18-11-9-17(10-12-18)24(30)26-19-5-3-6-20(15-19)28-13-4-14-29-22-8-2-1-7-21(22)27-23(29)16-28/h1-3,5-12,15H,4,13-14,16H2,(H,26,30). The van der Waals surface area contributed by atoms with Gasteiger partial charge in [0.1, 0.15) is 5.82 Å². The maximum atomic E-state index is 12.5. The number of aromatic nitrogens is 2. The van der Waals surface area contributed by atoms with E-state index in [1.165, 1.54) is 5.52 Å². The first-order chi connectivity index (χ1) is 14.7. The van der Waals surface area contributed by atoms with Crippen LogP contribution in [-0.4, -0.2) is 22.0 Å². The Hall–Kier alpha value is -3.31. The summed E-state index contributed by atoms with van der Waals surface area (Å²) >= 11 is 5.91. The summed E-state index contributed by atoms with van der Waals surface area (Å²) in [5.74, 6) is 0.922. The zero-order valence-corrected chi connectivity index (χ0v) is 17.1. The molecule has 2 heterocycles. The molecule has 0 unspecified atom stereocenters. The first-order valence-corrected chi connectivity index (χ1v) is 10.4. The highest BCUT2D eigenvalue weighted by Gasteiger charge is 2.19. The van der Waals surface area contributed by atoms with Gasteiger partial charge in [-0.3, -0.25) is 4.79 Å². The van der Waals surface area contributed by atoms with Crippen LogP contribution in [0, 0.1) is 0 Å². The Morgan fingerprint density at radius 3 is 2.67 bits per heavy atom. The number of imidazole rings is 1. The largest absolute Gasteiger partial charge is 0.364 e. The van der Waals surface area contributed by atoms with Crippen molar-refractivity contribution in [2.24, 2.45) is 0 Å². The van der Waals surface area contributed by atoms with Gasteiger partial charge in [0.2, 0.25) is 0 Å². The first kappa shape index (κ1) is 18.7. The van der Waals surface area contributed by atoms with Gasteiger partial charge in [0.25, 0.3) is 5.91 Å². The fraction of sp³-hybridized carbons (Fsp3) is 0.167. The number of nitrogens with zero attached hydrogens (tertiary/aromatic N) is 3. The lowest BCUT2D eigenvalue weighted by Crippen LogP contribution is -2.23. The Kier molecular flexibility index (Phi) is 4.89. The molecule has 150 valence electrons. The normalized spacial score (nSPS) is 13.7. The van der Waals surface area contributed by atoms with Crippen molar-refractivity contribution in [1.82, 2.24) is 9.55 Å². The molecule has 3 aromatic carbocycles. The van der Waals surface area contributed by atoms with Gasteiger partial charge in [-0.15, -0.1) is 0 Å². The van der Waals surface area contributed by atoms with Gasteiger partial charge < -0.3 is 14.8 Å². The van der Waals surface area contributed by atoms with Gasteiger partial charge in [-0.1, -0.05) is 29.8 Å². The Labute approximate surface area is 179 Å². The van der Waals surface area contributed by atoms with Crippen LogP contribution >= 0.6 is 11.6 Å². The Bertz CT molecular complexity index is 1220. The predicted octanol–water partition coefficient (Wildman–Crippen LogP) is 5.35. The third-order valence-electron chi connectivity index (χ3n) is 5.45. The number of aryl methyl sites for hydroxylation is 1. The third-order valence-corrected chi connectivity index (χ3v) is 5.70. The van der Waals surface area contributed by atoms with Crippen molar-refractivity contribution in [2.45, 2.75) is 19.5 Å². The van der Waals surface area contributed by atoms with Crippen molar-refractivity contribution in [3.63, 3.8) is 0 Å².